The molecule has 2 aromatic rings. The molecule has 0 spiro atoms. The van der Waals surface area contributed by atoms with Crippen LogP contribution in [0.5, 0.6) is 0 Å². The molecule has 2 rings (SSSR count). The van der Waals surface area contributed by atoms with Crippen molar-refractivity contribution in [2.75, 3.05) is 0 Å². The second kappa shape index (κ2) is 5.29. The molecule has 0 amide bonds. The Kier molecular flexibility index (Phi) is 3.75. The second-order valence-electron chi connectivity index (χ2n) is 3.05. The van der Waals surface area contributed by atoms with Crippen molar-refractivity contribution in [2.45, 2.75) is 10.1 Å². The Labute approximate surface area is 110 Å². The maximum Gasteiger partial charge on any atom is 0.338 e. The maximum atomic E-state index is 11.0. The number of halogens is 1. The van der Waals surface area contributed by atoms with Crippen LogP contribution in [-0.4, -0.2) is 21.0 Å². The molecule has 0 saturated carbocycles. The number of carboxylic acids is 1. The molecule has 0 atom stereocenters. The zero-order chi connectivity index (χ0) is 12.3. The summed E-state index contributed by atoms with van der Waals surface area (Å²) < 4.78 is 0.812. The molecule has 4 nitrogen and oxygen atoms in total. The van der Waals surface area contributed by atoms with Gasteiger partial charge in [0, 0.05) is 12.4 Å². The number of pyridine rings is 2. The van der Waals surface area contributed by atoms with Crippen LogP contribution < -0.4 is 0 Å². The monoisotopic (exact) mass is 310 g/mol. The Morgan fingerprint density at radius 1 is 1.18 bits per heavy atom. The van der Waals surface area contributed by atoms with Crippen molar-refractivity contribution in [3.63, 3.8) is 0 Å². The van der Waals surface area contributed by atoms with E-state index in [9.17, 15) is 4.79 Å². The zero-order valence-electron chi connectivity index (χ0n) is 8.50. The molecule has 0 unspecified atom stereocenters. The van der Waals surface area contributed by atoms with E-state index in [2.05, 4.69) is 25.9 Å². The van der Waals surface area contributed by atoms with E-state index in [1.54, 1.807) is 24.5 Å². The van der Waals surface area contributed by atoms with E-state index in [1.165, 1.54) is 17.8 Å². The molecule has 2 heterocycles. The van der Waals surface area contributed by atoms with E-state index >= 15 is 0 Å². The summed E-state index contributed by atoms with van der Waals surface area (Å²) in [6, 6.07) is 6.76. The molecular formula is C11H7BrN2O2S. The Hall–Kier alpha value is -1.40. The number of rotatable bonds is 3. The van der Waals surface area contributed by atoms with Gasteiger partial charge in [-0.15, -0.1) is 0 Å². The van der Waals surface area contributed by atoms with E-state index in [4.69, 9.17) is 5.11 Å². The predicted octanol–water partition coefficient (Wildman–Crippen LogP) is 3.09. The minimum Gasteiger partial charge on any atom is -0.478 e. The normalized spacial score (nSPS) is 10.2. The number of nitrogens with zero attached hydrogens (tertiary/aromatic N) is 2. The lowest BCUT2D eigenvalue weighted by Gasteiger charge is -2.04. The Balaban J connectivity index is 2.37. The van der Waals surface area contributed by atoms with Gasteiger partial charge in [-0.3, -0.25) is 0 Å². The van der Waals surface area contributed by atoms with Crippen molar-refractivity contribution in [3.8, 4) is 0 Å². The second-order valence-corrected chi connectivity index (χ2v) is 4.89. The molecule has 0 saturated heterocycles. The zero-order valence-corrected chi connectivity index (χ0v) is 10.9. The minimum atomic E-state index is -0.993. The molecule has 0 aliphatic carbocycles. The standard InChI is InChI=1S/C11H7BrN2O2S/c12-8-4-2-6-14-10(8)17-9-7(11(15)16)3-1-5-13-9/h1-6H,(H,15,16). The molecule has 0 aliphatic heterocycles. The highest BCUT2D eigenvalue weighted by molar-refractivity contribution is 9.10. The van der Waals surface area contributed by atoms with Crippen molar-refractivity contribution in [1.82, 2.24) is 9.97 Å². The molecule has 6 heteroatoms. The molecule has 86 valence electrons. The van der Waals surface area contributed by atoms with Gasteiger partial charge in [0.15, 0.2) is 0 Å². The molecular weight excluding hydrogens is 304 g/mol. The van der Waals surface area contributed by atoms with Crippen molar-refractivity contribution in [2.24, 2.45) is 0 Å². The lowest BCUT2D eigenvalue weighted by atomic mass is 10.3. The number of carboxylic acid groups (broad SMARTS) is 1. The van der Waals surface area contributed by atoms with E-state index in [0.29, 0.717) is 10.1 Å². The van der Waals surface area contributed by atoms with Gasteiger partial charge in [0.2, 0.25) is 0 Å². The Morgan fingerprint density at radius 3 is 2.47 bits per heavy atom. The number of hydrogen-bond donors (Lipinski definition) is 1. The highest BCUT2D eigenvalue weighted by Crippen LogP contribution is 2.31. The fourth-order valence-corrected chi connectivity index (χ4v) is 2.51. The van der Waals surface area contributed by atoms with Gasteiger partial charge in [0.25, 0.3) is 0 Å². The first-order valence-electron chi connectivity index (χ1n) is 4.65. The predicted molar refractivity (Wildman–Crippen MR) is 67.3 cm³/mol. The third-order valence-corrected chi connectivity index (χ3v) is 3.86. The fraction of sp³-hybridized carbons (Fsp3) is 0. The number of hydrogen-bond acceptors (Lipinski definition) is 4. The summed E-state index contributed by atoms with van der Waals surface area (Å²) in [5.74, 6) is -0.993. The fourth-order valence-electron chi connectivity index (χ4n) is 1.17. The third kappa shape index (κ3) is 2.83. The first-order valence-corrected chi connectivity index (χ1v) is 6.26. The minimum absolute atomic E-state index is 0.176. The van der Waals surface area contributed by atoms with Gasteiger partial charge in [0.1, 0.15) is 10.1 Å². The van der Waals surface area contributed by atoms with E-state index in [0.717, 1.165) is 4.47 Å². The van der Waals surface area contributed by atoms with Crippen molar-refractivity contribution >= 4 is 33.7 Å². The van der Waals surface area contributed by atoms with Crippen LogP contribution in [0.15, 0.2) is 51.2 Å². The van der Waals surface area contributed by atoms with Gasteiger partial charge >= 0.3 is 5.97 Å². The van der Waals surface area contributed by atoms with Gasteiger partial charge < -0.3 is 5.11 Å². The van der Waals surface area contributed by atoms with Crippen LogP contribution in [0.3, 0.4) is 0 Å². The van der Waals surface area contributed by atoms with Gasteiger partial charge in [0.05, 0.1) is 10.0 Å². The number of aromatic nitrogens is 2. The van der Waals surface area contributed by atoms with Crippen LogP contribution in [0.4, 0.5) is 0 Å². The largest absolute Gasteiger partial charge is 0.478 e. The molecule has 0 aliphatic rings. The highest BCUT2D eigenvalue weighted by atomic mass is 79.9. The van der Waals surface area contributed by atoms with Crippen LogP contribution in [0.25, 0.3) is 0 Å². The summed E-state index contributed by atoms with van der Waals surface area (Å²) in [5.41, 5.74) is 0.176. The van der Waals surface area contributed by atoms with E-state index < -0.39 is 5.97 Å². The summed E-state index contributed by atoms with van der Waals surface area (Å²) >= 11 is 4.58. The average Bonchev–Trinajstić information content (AvgIpc) is 2.32. The quantitative estimate of drug-likeness (QED) is 0.944. The first-order chi connectivity index (χ1) is 8.18. The molecule has 0 radical (unpaired) electrons. The van der Waals surface area contributed by atoms with E-state index in [1.807, 2.05) is 6.07 Å². The Bertz CT molecular complexity index is 563. The lowest BCUT2D eigenvalue weighted by Crippen LogP contribution is -2.00. The molecule has 2 aromatic heterocycles. The van der Waals surface area contributed by atoms with Crippen LogP contribution >= 0.6 is 27.7 Å². The van der Waals surface area contributed by atoms with Crippen molar-refractivity contribution in [3.05, 3.63) is 46.7 Å². The topological polar surface area (TPSA) is 63.1 Å². The van der Waals surface area contributed by atoms with Crippen molar-refractivity contribution in [1.29, 1.82) is 0 Å². The van der Waals surface area contributed by atoms with Crippen LogP contribution in [0.1, 0.15) is 10.4 Å². The van der Waals surface area contributed by atoms with Gasteiger partial charge in [-0.2, -0.15) is 0 Å². The highest BCUT2D eigenvalue weighted by Gasteiger charge is 2.13. The SMILES string of the molecule is O=C(O)c1cccnc1Sc1ncccc1Br. The van der Waals surface area contributed by atoms with E-state index in [-0.39, 0.29) is 5.56 Å². The van der Waals surface area contributed by atoms with Crippen LogP contribution in [0, 0.1) is 0 Å². The van der Waals surface area contributed by atoms with Crippen LogP contribution in [-0.2, 0) is 0 Å². The summed E-state index contributed by atoms with van der Waals surface area (Å²) in [7, 11) is 0. The summed E-state index contributed by atoms with van der Waals surface area (Å²) in [4.78, 5) is 19.2. The lowest BCUT2D eigenvalue weighted by molar-refractivity contribution is 0.0692. The summed E-state index contributed by atoms with van der Waals surface area (Å²) in [5, 5.41) is 10.1. The first kappa shape index (κ1) is 12.1. The summed E-state index contributed by atoms with van der Waals surface area (Å²) in [6.45, 7) is 0. The molecule has 0 aromatic carbocycles. The molecule has 0 bridgehead atoms. The van der Waals surface area contributed by atoms with Gasteiger partial charge in [-0.25, -0.2) is 14.8 Å². The van der Waals surface area contributed by atoms with Crippen molar-refractivity contribution < 1.29 is 9.90 Å². The smallest absolute Gasteiger partial charge is 0.338 e. The maximum absolute atomic E-state index is 11.0. The molecule has 0 fully saturated rings. The average molecular weight is 311 g/mol. The number of carbonyl (C=O) groups is 1. The number of aromatic carboxylic acids is 1. The Morgan fingerprint density at radius 2 is 1.82 bits per heavy atom. The van der Waals surface area contributed by atoms with Gasteiger partial charge in [-0.1, -0.05) is 0 Å². The third-order valence-electron chi connectivity index (χ3n) is 1.92. The summed E-state index contributed by atoms with van der Waals surface area (Å²) in [6.07, 6.45) is 3.21. The molecule has 17 heavy (non-hydrogen) atoms. The molecule has 1 N–H and O–H groups in total. The van der Waals surface area contributed by atoms with Crippen LogP contribution in [0.2, 0.25) is 0 Å². The van der Waals surface area contributed by atoms with Gasteiger partial charge in [-0.05, 0) is 52.0 Å².